The van der Waals surface area contributed by atoms with Gasteiger partial charge in [-0.2, -0.15) is 5.10 Å². The molecule has 9 nitrogen and oxygen atoms in total. The highest BCUT2D eigenvalue weighted by molar-refractivity contribution is 6.19. The van der Waals surface area contributed by atoms with E-state index in [0.717, 1.165) is 10.7 Å². The van der Waals surface area contributed by atoms with Gasteiger partial charge in [0.1, 0.15) is 5.56 Å². The smallest absolute Gasteiger partial charge is 0.280 e. The van der Waals surface area contributed by atoms with Gasteiger partial charge < -0.3 is 0 Å². The number of para-hydroxylation sites is 1. The number of carbonyl (C=O) groups is 2. The van der Waals surface area contributed by atoms with Crippen LogP contribution in [0.15, 0.2) is 41.6 Å². The van der Waals surface area contributed by atoms with Gasteiger partial charge in [0.2, 0.25) is 5.96 Å². The lowest BCUT2D eigenvalue weighted by molar-refractivity contribution is -0.116. The van der Waals surface area contributed by atoms with E-state index in [1.165, 1.54) is 6.20 Å². The minimum atomic E-state index is -0.423. The summed E-state index contributed by atoms with van der Waals surface area (Å²) < 4.78 is 1.61. The number of anilines is 1. The molecule has 4 rings (SSSR count). The summed E-state index contributed by atoms with van der Waals surface area (Å²) in [5, 5.41) is 9.26. The molecule has 3 N–H and O–H groups in total. The molecule has 23 heavy (non-hydrogen) atoms. The van der Waals surface area contributed by atoms with E-state index < -0.39 is 5.91 Å². The van der Waals surface area contributed by atoms with Gasteiger partial charge in [-0.3, -0.25) is 19.9 Å². The van der Waals surface area contributed by atoms with Crippen LogP contribution in [-0.4, -0.2) is 45.5 Å². The number of benzene rings is 1. The Balaban J connectivity index is 1.93. The van der Waals surface area contributed by atoms with Crippen LogP contribution in [-0.2, 0) is 4.79 Å². The number of amides is 1. The zero-order valence-electron chi connectivity index (χ0n) is 12.0. The van der Waals surface area contributed by atoms with Crippen molar-refractivity contribution in [1.29, 1.82) is 0 Å². The summed E-state index contributed by atoms with van der Waals surface area (Å²) in [4.78, 5) is 26.0. The molecule has 2 aromatic rings. The number of ketones is 1. The van der Waals surface area contributed by atoms with Crippen LogP contribution in [0.5, 0.6) is 0 Å². The van der Waals surface area contributed by atoms with E-state index in [0.29, 0.717) is 11.4 Å². The van der Waals surface area contributed by atoms with E-state index in [2.05, 4.69) is 15.6 Å². The molecule has 1 amide bonds. The first-order chi connectivity index (χ1) is 11.2. The summed E-state index contributed by atoms with van der Waals surface area (Å²) in [6.07, 6.45) is 1.45. The van der Waals surface area contributed by atoms with Gasteiger partial charge in [-0.05, 0) is 12.1 Å². The van der Waals surface area contributed by atoms with E-state index in [1.54, 1.807) is 9.58 Å². The molecule has 3 heterocycles. The second kappa shape index (κ2) is 4.92. The van der Waals surface area contributed by atoms with E-state index >= 15 is 0 Å². The zero-order chi connectivity index (χ0) is 16.0. The Morgan fingerprint density at radius 2 is 1.96 bits per heavy atom. The molecule has 0 unspecified atom stereocenters. The fourth-order valence-electron chi connectivity index (χ4n) is 2.65. The lowest BCUT2D eigenvalue weighted by Crippen LogP contribution is -2.56. The number of hydrogen-bond acceptors (Lipinski definition) is 7. The minimum absolute atomic E-state index is 0.0539. The molecule has 116 valence electrons. The molecule has 0 saturated heterocycles. The van der Waals surface area contributed by atoms with Crippen molar-refractivity contribution in [3.05, 3.63) is 42.1 Å². The predicted octanol–water partition coefficient (Wildman–Crippen LogP) is -0.549. The minimum Gasteiger partial charge on any atom is -0.299 e. The fraction of sp³-hybridized carbons (Fsp3) is 0.143. The van der Waals surface area contributed by atoms with Crippen LogP contribution < -0.4 is 16.2 Å². The van der Waals surface area contributed by atoms with Crippen molar-refractivity contribution in [2.24, 2.45) is 10.9 Å². The topological polar surface area (TPSA) is 109 Å². The Bertz CT molecular complexity index is 827. The third-order valence-corrected chi connectivity index (χ3v) is 3.70. The number of nitrogens with one attached hydrogen (secondary N) is 1. The lowest BCUT2D eigenvalue weighted by Gasteiger charge is -2.33. The fourth-order valence-corrected chi connectivity index (χ4v) is 2.65. The summed E-state index contributed by atoms with van der Waals surface area (Å²) in [6, 6.07) is 9.35. The molecule has 0 radical (unpaired) electrons. The molecular weight excluding hydrogens is 298 g/mol. The van der Waals surface area contributed by atoms with Crippen molar-refractivity contribution < 1.29 is 9.59 Å². The van der Waals surface area contributed by atoms with E-state index in [4.69, 9.17) is 5.84 Å². The number of carbonyl (C=O) groups excluding carboxylic acids is 2. The summed E-state index contributed by atoms with van der Waals surface area (Å²) in [5.41, 5.74) is 3.72. The van der Waals surface area contributed by atoms with Crippen LogP contribution in [0, 0.1) is 0 Å². The molecule has 2 aliphatic heterocycles. The standard InChI is InChI=1S/C14H13N7O2/c15-20-13(23)11-7-17-21(9-4-2-1-3-5-9)12(11)19-8-10(22)6-16-18-14(19)20/h1-5,7,16H,6,8,15H2. The number of hydrazine groups is 1. The maximum Gasteiger partial charge on any atom is 0.280 e. The van der Waals surface area contributed by atoms with Crippen LogP contribution in [0.25, 0.3) is 5.69 Å². The first kappa shape index (κ1) is 13.5. The average Bonchev–Trinajstić information content (AvgIpc) is 2.91. The normalized spacial score (nSPS) is 17.2. The van der Waals surface area contributed by atoms with Crippen molar-refractivity contribution in [3.8, 4) is 5.69 Å². The van der Waals surface area contributed by atoms with Crippen LogP contribution in [0.3, 0.4) is 0 Å². The number of Topliss-reactive ketones (excluding diaryl/α,β-unsaturated/α-hetero) is 1. The Hall–Kier alpha value is -3.20. The van der Waals surface area contributed by atoms with Crippen molar-refractivity contribution in [2.45, 2.75) is 0 Å². The molecule has 0 bridgehead atoms. The van der Waals surface area contributed by atoms with E-state index in [9.17, 15) is 9.59 Å². The number of hydrazone groups is 1. The third kappa shape index (κ3) is 1.98. The maximum atomic E-state index is 12.4. The Morgan fingerprint density at radius 3 is 2.74 bits per heavy atom. The molecule has 9 heteroatoms. The SMILES string of the molecule is NN1C(=O)c2cnn(-c3ccccc3)c2N2CC(=O)CNN=C12. The number of fused-ring (bicyclic) bond motifs is 3. The molecule has 1 aromatic carbocycles. The zero-order valence-corrected chi connectivity index (χ0v) is 12.0. The third-order valence-electron chi connectivity index (χ3n) is 3.70. The predicted molar refractivity (Wildman–Crippen MR) is 81.7 cm³/mol. The van der Waals surface area contributed by atoms with Gasteiger partial charge in [0.25, 0.3) is 5.91 Å². The van der Waals surface area contributed by atoms with Gasteiger partial charge in [0, 0.05) is 0 Å². The quantitative estimate of drug-likeness (QED) is 0.540. The van der Waals surface area contributed by atoms with Gasteiger partial charge in [0.15, 0.2) is 11.6 Å². The van der Waals surface area contributed by atoms with Crippen LogP contribution in [0.1, 0.15) is 10.4 Å². The number of rotatable bonds is 1. The molecule has 1 aromatic heterocycles. The lowest BCUT2D eigenvalue weighted by atomic mass is 10.2. The highest BCUT2D eigenvalue weighted by Crippen LogP contribution is 2.30. The van der Waals surface area contributed by atoms with Gasteiger partial charge in [0.05, 0.1) is 25.0 Å². The van der Waals surface area contributed by atoms with Crippen molar-refractivity contribution in [1.82, 2.24) is 20.2 Å². The number of nitrogens with zero attached hydrogens (tertiary/aromatic N) is 5. The van der Waals surface area contributed by atoms with Gasteiger partial charge in [-0.1, -0.05) is 18.2 Å². The average molecular weight is 311 g/mol. The Kier molecular flexibility index (Phi) is 2.88. The summed E-state index contributed by atoms with van der Waals surface area (Å²) in [5.74, 6) is 6.00. The molecule has 0 aliphatic carbocycles. The molecule has 0 spiro atoms. The van der Waals surface area contributed by atoms with Crippen molar-refractivity contribution in [3.63, 3.8) is 0 Å². The second-order valence-electron chi connectivity index (χ2n) is 5.18. The van der Waals surface area contributed by atoms with Gasteiger partial charge in [-0.15, -0.1) is 5.10 Å². The summed E-state index contributed by atoms with van der Waals surface area (Å²) >= 11 is 0. The number of guanidine groups is 1. The van der Waals surface area contributed by atoms with E-state index in [1.807, 2.05) is 30.3 Å². The molecular formula is C14H13N7O2. The Morgan fingerprint density at radius 1 is 1.17 bits per heavy atom. The highest BCUT2D eigenvalue weighted by atomic mass is 16.2. The number of hydrogen-bond donors (Lipinski definition) is 2. The first-order valence-electron chi connectivity index (χ1n) is 6.99. The van der Waals surface area contributed by atoms with E-state index in [-0.39, 0.29) is 24.8 Å². The summed E-state index contributed by atoms with van der Waals surface area (Å²) in [7, 11) is 0. The number of nitrogens with two attached hydrogens (primary N) is 1. The largest absolute Gasteiger partial charge is 0.299 e. The first-order valence-corrected chi connectivity index (χ1v) is 6.99. The van der Waals surface area contributed by atoms with Gasteiger partial charge >= 0.3 is 0 Å². The second-order valence-corrected chi connectivity index (χ2v) is 5.18. The molecule has 0 saturated carbocycles. The molecule has 2 aliphatic rings. The number of aromatic nitrogens is 2. The van der Waals surface area contributed by atoms with Crippen molar-refractivity contribution >= 4 is 23.5 Å². The van der Waals surface area contributed by atoms with Crippen LogP contribution in [0.2, 0.25) is 0 Å². The Labute approximate surface area is 130 Å². The maximum absolute atomic E-state index is 12.4. The van der Waals surface area contributed by atoms with Crippen LogP contribution in [0.4, 0.5) is 5.82 Å². The monoisotopic (exact) mass is 311 g/mol. The highest BCUT2D eigenvalue weighted by Gasteiger charge is 2.39. The summed E-state index contributed by atoms with van der Waals surface area (Å²) in [6.45, 7) is 0.134. The van der Waals surface area contributed by atoms with Crippen molar-refractivity contribution in [2.75, 3.05) is 18.0 Å². The van der Waals surface area contributed by atoms with Gasteiger partial charge in [-0.25, -0.2) is 15.5 Å². The molecule has 0 fully saturated rings. The van der Waals surface area contributed by atoms with Crippen LogP contribution >= 0.6 is 0 Å². The molecule has 0 atom stereocenters.